The molecule has 3 rings (SSSR count). The fraction of sp³-hybridized carbons (Fsp3) is 0.278. The Morgan fingerprint density at radius 1 is 1.08 bits per heavy atom. The predicted octanol–water partition coefficient (Wildman–Crippen LogP) is 3.11. The number of halogens is 1. The second-order valence-corrected chi connectivity index (χ2v) is 5.39. The van der Waals surface area contributed by atoms with E-state index in [0.717, 1.165) is 5.56 Å². The van der Waals surface area contributed by atoms with Crippen LogP contribution >= 0.6 is 0 Å². The summed E-state index contributed by atoms with van der Waals surface area (Å²) in [5.74, 6) is 1.35. The standard InChI is InChI=1S/C18H19FN4O2/c1-4-14-16(17-20-9-13(24-2)10-21-17)22-23(18(14)25-3)11-12-7-5-6-8-15(12)19/h5-10H,4,11H2,1-3H3. The molecule has 2 aromatic heterocycles. The van der Waals surface area contributed by atoms with E-state index in [4.69, 9.17) is 9.47 Å². The van der Waals surface area contributed by atoms with E-state index in [1.54, 1.807) is 49.5 Å². The lowest BCUT2D eigenvalue weighted by Gasteiger charge is -2.08. The molecule has 0 bridgehead atoms. The van der Waals surface area contributed by atoms with Crippen molar-refractivity contribution < 1.29 is 13.9 Å². The highest BCUT2D eigenvalue weighted by Gasteiger charge is 2.21. The summed E-state index contributed by atoms with van der Waals surface area (Å²) < 4.78 is 26.2. The number of aromatic nitrogens is 4. The van der Waals surface area contributed by atoms with E-state index in [-0.39, 0.29) is 12.4 Å². The Hall–Kier alpha value is -2.96. The van der Waals surface area contributed by atoms with Crippen LogP contribution in [-0.4, -0.2) is 34.0 Å². The molecule has 6 nitrogen and oxygen atoms in total. The molecule has 0 unspecified atom stereocenters. The van der Waals surface area contributed by atoms with Crippen molar-refractivity contribution in [3.05, 3.63) is 53.6 Å². The highest BCUT2D eigenvalue weighted by atomic mass is 19.1. The second-order valence-electron chi connectivity index (χ2n) is 5.39. The fourth-order valence-electron chi connectivity index (χ4n) is 2.65. The van der Waals surface area contributed by atoms with E-state index >= 15 is 0 Å². The van der Waals surface area contributed by atoms with Gasteiger partial charge in [0.15, 0.2) is 11.6 Å². The van der Waals surface area contributed by atoms with Crippen molar-refractivity contribution in [2.45, 2.75) is 19.9 Å². The first-order valence-electron chi connectivity index (χ1n) is 7.91. The molecular weight excluding hydrogens is 323 g/mol. The molecule has 0 saturated heterocycles. The Balaban J connectivity index is 2.04. The van der Waals surface area contributed by atoms with Crippen LogP contribution in [0.15, 0.2) is 36.7 Å². The van der Waals surface area contributed by atoms with Gasteiger partial charge in [-0.3, -0.25) is 0 Å². The van der Waals surface area contributed by atoms with Crippen LogP contribution in [0.2, 0.25) is 0 Å². The molecule has 0 fully saturated rings. The van der Waals surface area contributed by atoms with Crippen LogP contribution in [0.25, 0.3) is 11.5 Å². The van der Waals surface area contributed by atoms with Crippen LogP contribution in [0.4, 0.5) is 4.39 Å². The van der Waals surface area contributed by atoms with Crippen molar-refractivity contribution in [2.75, 3.05) is 14.2 Å². The molecule has 0 aliphatic rings. The summed E-state index contributed by atoms with van der Waals surface area (Å²) in [6.45, 7) is 2.26. The van der Waals surface area contributed by atoms with Gasteiger partial charge in [-0.1, -0.05) is 25.1 Å². The fourth-order valence-corrected chi connectivity index (χ4v) is 2.65. The summed E-state index contributed by atoms with van der Waals surface area (Å²) in [5.41, 5.74) is 2.04. The molecule has 0 N–H and O–H groups in total. The molecule has 0 atom stereocenters. The number of methoxy groups -OCH3 is 2. The smallest absolute Gasteiger partial charge is 0.215 e. The quantitative estimate of drug-likeness (QED) is 0.689. The van der Waals surface area contributed by atoms with E-state index in [0.29, 0.717) is 35.1 Å². The van der Waals surface area contributed by atoms with E-state index in [2.05, 4.69) is 15.1 Å². The van der Waals surface area contributed by atoms with Crippen LogP contribution in [0.3, 0.4) is 0 Å². The van der Waals surface area contributed by atoms with Crippen LogP contribution in [0.5, 0.6) is 11.6 Å². The van der Waals surface area contributed by atoms with Gasteiger partial charge in [-0.2, -0.15) is 5.10 Å². The number of ether oxygens (including phenoxy) is 2. The third-order valence-corrected chi connectivity index (χ3v) is 3.90. The van der Waals surface area contributed by atoms with Crippen molar-refractivity contribution in [3.63, 3.8) is 0 Å². The van der Waals surface area contributed by atoms with Crippen molar-refractivity contribution in [2.24, 2.45) is 0 Å². The van der Waals surface area contributed by atoms with Gasteiger partial charge in [0.25, 0.3) is 0 Å². The topological polar surface area (TPSA) is 62.1 Å². The largest absolute Gasteiger partial charge is 0.494 e. The highest BCUT2D eigenvalue weighted by molar-refractivity contribution is 5.58. The minimum Gasteiger partial charge on any atom is -0.494 e. The third kappa shape index (κ3) is 3.31. The first kappa shape index (κ1) is 16.9. The Kier molecular flexibility index (Phi) is 4.92. The summed E-state index contributed by atoms with van der Waals surface area (Å²) >= 11 is 0. The first-order valence-corrected chi connectivity index (χ1v) is 7.91. The summed E-state index contributed by atoms with van der Waals surface area (Å²) in [4.78, 5) is 8.60. The molecule has 0 aliphatic heterocycles. The van der Waals surface area contributed by atoms with E-state index < -0.39 is 0 Å². The third-order valence-electron chi connectivity index (χ3n) is 3.90. The van der Waals surface area contributed by atoms with Crippen LogP contribution in [-0.2, 0) is 13.0 Å². The molecule has 0 radical (unpaired) electrons. The molecule has 0 amide bonds. The number of hydrogen-bond donors (Lipinski definition) is 0. The maximum Gasteiger partial charge on any atom is 0.215 e. The number of benzene rings is 1. The summed E-state index contributed by atoms with van der Waals surface area (Å²) in [6.07, 6.45) is 3.86. The maximum absolute atomic E-state index is 14.0. The van der Waals surface area contributed by atoms with Gasteiger partial charge < -0.3 is 9.47 Å². The Morgan fingerprint density at radius 3 is 2.40 bits per heavy atom. The predicted molar refractivity (Wildman–Crippen MR) is 91.2 cm³/mol. The van der Waals surface area contributed by atoms with Crippen molar-refractivity contribution in [1.29, 1.82) is 0 Å². The van der Waals surface area contributed by atoms with Gasteiger partial charge in [-0.25, -0.2) is 19.0 Å². The van der Waals surface area contributed by atoms with E-state index in [1.807, 2.05) is 6.92 Å². The maximum atomic E-state index is 14.0. The van der Waals surface area contributed by atoms with E-state index in [1.165, 1.54) is 6.07 Å². The lowest BCUT2D eigenvalue weighted by molar-refractivity contribution is 0.362. The van der Waals surface area contributed by atoms with Gasteiger partial charge in [0, 0.05) is 11.1 Å². The minimum atomic E-state index is -0.277. The summed E-state index contributed by atoms with van der Waals surface area (Å²) in [7, 11) is 3.13. The summed E-state index contributed by atoms with van der Waals surface area (Å²) in [5, 5.41) is 4.57. The molecular formula is C18H19FN4O2. The van der Waals surface area contributed by atoms with Gasteiger partial charge >= 0.3 is 0 Å². The number of hydrogen-bond acceptors (Lipinski definition) is 5. The zero-order valence-corrected chi connectivity index (χ0v) is 14.4. The molecule has 25 heavy (non-hydrogen) atoms. The number of rotatable bonds is 6. The molecule has 3 aromatic rings. The van der Waals surface area contributed by atoms with Gasteiger partial charge in [0.1, 0.15) is 11.5 Å². The minimum absolute atomic E-state index is 0.263. The lowest BCUT2D eigenvalue weighted by Crippen LogP contribution is -2.06. The van der Waals surface area contributed by atoms with Crippen LogP contribution < -0.4 is 9.47 Å². The van der Waals surface area contributed by atoms with Gasteiger partial charge in [-0.15, -0.1) is 0 Å². The van der Waals surface area contributed by atoms with Gasteiger partial charge in [0.2, 0.25) is 5.88 Å². The molecule has 0 saturated carbocycles. The monoisotopic (exact) mass is 342 g/mol. The molecule has 7 heteroatoms. The van der Waals surface area contributed by atoms with E-state index in [9.17, 15) is 4.39 Å². The number of nitrogens with zero attached hydrogens (tertiary/aromatic N) is 4. The Bertz CT molecular complexity index is 862. The Labute approximate surface area is 145 Å². The van der Waals surface area contributed by atoms with Gasteiger partial charge in [-0.05, 0) is 12.5 Å². The van der Waals surface area contributed by atoms with Crippen molar-refractivity contribution in [3.8, 4) is 23.1 Å². The van der Waals surface area contributed by atoms with Gasteiger partial charge in [0.05, 0.1) is 33.2 Å². The van der Waals surface area contributed by atoms with Crippen LogP contribution in [0, 0.1) is 5.82 Å². The molecule has 0 spiro atoms. The average Bonchev–Trinajstić information content (AvgIpc) is 3.01. The molecule has 1 aromatic carbocycles. The second kappa shape index (κ2) is 7.29. The van der Waals surface area contributed by atoms with Crippen LogP contribution in [0.1, 0.15) is 18.1 Å². The average molecular weight is 342 g/mol. The summed E-state index contributed by atoms with van der Waals surface area (Å²) in [6, 6.07) is 6.61. The first-order chi connectivity index (χ1) is 12.2. The highest BCUT2D eigenvalue weighted by Crippen LogP contribution is 2.30. The van der Waals surface area contributed by atoms with Crippen molar-refractivity contribution >= 4 is 0 Å². The lowest BCUT2D eigenvalue weighted by atomic mass is 10.1. The molecule has 0 aliphatic carbocycles. The SMILES string of the molecule is CCc1c(-c2ncc(OC)cn2)nn(Cc2ccccc2F)c1OC. The zero-order valence-electron chi connectivity index (χ0n) is 14.4. The molecule has 130 valence electrons. The molecule has 2 heterocycles. The normalized spacial score (nSPS) is 10.7. The van der Waals surface area contributed by atoms with Crippen molar-refractivity contribution in [1.82, 2.24) is 19.7 Å². The Morgan fingerprint density at radius 2 is 1.80 bits per heavy atom. The zero-order chi connectivity index (χ0) is 17.8.